The smallest absolute Gasteiger partial charge is 0.325 e. The molecule has 108 valence electrons. The third kappa shape index (κ3) is 2.54. The van der Waals surface area contributed by atoms with E-state index < -0.39 is 5.54 Å². The number of nitrogens with one attached hydrogen (secondary N) is 1. The van der Waals surface area contributed by atoms with Gasteiger partial charge in [0.25, 0.3) is 5.91 Å². The fraction of sp³-hybridized carbons (Fsp3) is 0.467. The molecule has 0 aliphatic carbocycles. The van der Waals surface area contributed by atoms with Crippen molar-refractivity contribution in [1.82, 2.24) is 10.2 Å². The van der Waals surface area contributed by atoms with E-state index in [4.69, 9.17) is 4.74 Å². The molecule has 0 saturated carbocycles. The number of nitrogens with zero attached hydrogens (tertiary/aromatic N) is 1. The van der Waals surface area contributed by atoms with Gasteiger partial charge in [0.1, 0.15) is 5.54 Å². The van der Waals surface area contributed by atoms with E-state index in [0.29, 0.717) is 0 Å². The SMILES string of the molecule is COCC1(C)NC(=O)N(Cc2cc(C)ccc2C)C1=O. The van der Waals surface area contributed by atoms with Crippen LogP contribution in [0.1, 0.15) is 23.6 Å². The minimum Gasteiger partial charge on any atom is -0.382 e. The van der Waals surface area contributed by atoms with Crippen molar-refractivity contribution in [2.24, 2.45) is 0 Å². The zero-order valence-corrected chi connectivity index (χ0v) is 12.3. The first-order valence-electron chi connectivity index (χ1n) is 6.56. The molecule has 0 bridgehead atoms. The van der Waals surface area contributed by atoms with Crippen LogP contribution in [0.25, 0.3) is 0 Å². The summed E-state index contributed by atoms with van der Waals surface area (Å²) in [5.41, 5.74) is 2.19. The average molecular weight is 276 g/mol. The number of imide groups is 1. The number of urea groups is 1. The molecule has 0 radical (unpaired) electrons. The lowest BCUT2D eigenvalue weighted by Gasteiger charge is -2.20. The number of carbonyl (C=O) groups is 2. The highest BCUT2D eigenvalue weighted by Crippen LogP contribution is 2.22. The number of rotatable bonds is 4. The minimum absolute atomic E-state index is 0.168. The van der Waals surface area contributed by atoms with Crippen LogP contribution in [0.2, 0.25) is 0 Å². The largest absolute Gasteiger partial charge is 0.382 e. The molecule has 20 heavy (non-hydrogen) atoms. The number of aryl methyl sites for hydroxylation is 2. The minimum atomic E-state index is -0.969. The number of methoxy groups -OCH3 is 1. The Morgan fingerprint density at radius 3 is 2.65 bits per heavy atom. The molecule has 5 nitrogen and oxygen atoms in total. The van der Waals surface area contributed by atoms with Crippen LogP contribution in [-0.2, 0) is 16.1 Å². The van der Waals surface area contributed by atoms with Gasteiger partial charge in [0, 0.05) is 7.11 Å². The molecule has 1 aromatic carbocycles. The van der Waals surface area contributed by atoms with Gasteiger partial charge in [-0.1, -0.05) is 23.8 Å². The zero-order chi connectivity index (χ0) is 14.9. The summed E-state index contributed by atoms with van der Waals surface area (Å²) in [4.78, 5) is 25.7. The van der Waals surface area contributed by atoms with Gasteiger partial charge in [-0.25, -0.2) is 4.79 Å². The molecule has 1 fully saturated rings. The standard InChI is InChI=1S/C15H20N2O3/c1-10-5-6-11(2)12(7-10)8-17-13(18)15(3,9-20-4)16-14(17)19/h5-7H,8-9H2,1-4H3,(H,16,19). The Bertz CT molecular complexity index is 556. The van der Waals surface area contributed by atoms with Crippen molar-refractivity contribution in [3.8, 4) is 0 Å². The Balaban J connectivity index is 2.23. The van der Waals surface area contributed by atoms with Gasteiger partial charge in [-0.15, -0.1) is 0 Å². The predicted octanol–water partition coefficient (Wildman–Crippen LogP) is 1.76. The quantitative estimate of drug-likeness (QED) is 0.852. The van der Waals surface area contributed by atoms with Gasteiger partial charge in [0.2, 0.25) is 0 Å². The van der Waals surface area contributed by atoms with E-state index in [9.17, 15) is 9.59 Å². The Morgan fingerprint density at radius 1 is 1.30 bits per heavy atom. The second-order valence-electron chi connectivity index (χ2n) is 5.52. The molecule has 3 amide bonds. The van der Waals surface area contributed by atoms with Crippen LogP contribution in [0.15, 0.2) is 18.2 Å². The highest BCUT2D eigenvalue weighted by Gasteiger charge is 2.47. The summed E-state index contributed by atoms with van der Waals surface area (Å²) in [6, 6.07) is 5.65. The maximum atomic E-state index is 12.4. The molecular weight excluding hydrogens is 256 g/mol. The van der Waals surface area contributed by atoms with Crippen molar-refractivity contribution in [2.45, 2.75) is 32.9 Å². The first kappa shape index (κ1) is 14.5. The molecule has 1 aliphatic rings. The van der Waals surface area contributed by atoms with Gasteiger partial charge in [-0.05, 0) is 31.9 Å². The maximum absolute atomic E-state index is 12.4. The van der Waals surface area contributed by atoms with Gasteiger partial charge in [0.05, 0.1) is 13.2 Å². The lowest BCUT2D eigenvalue weighted by Crippen LogP contribution is -2.47. The molecule has 0 aromatic heterocycles. The third-order valence-electron chi connectivity index (χ3n) is 3.61. The Labute approximate surface area is 118 Å². The first-order valence-corrected chi connectivity index (χ1v) is 6.56. The summed E-state index contributed by atoms with van der Waals surface area (Å²) >= 11 is 0. The normalized spacial score (nSPS) is 22.3. The molecule has 1 saturated heterocycles. The van der Waals surface area contributed by atoms with E-state index in [1.165, 1.54) is 12.0 Å². The van der Waals surface area contributed by atoms with Crippen LogP contribution >= 0.6 is 0 Å². The first-order chi connectivity index (χ1) is 9.37. The van der Waals surface area contributed by atoms with Gasteiger partial charge in [0.15, 0.2) is 0 Å². The van der Waals surface area contributed by atoms with Crippen LogP contribution < -0.4 is 5.32 Å². The fourth-order valence-electron chi connectivity index (χ4n) is 2.42. The van der Waals surface area contributed by atoms with E-state index in [1.807, 2.05) is 32.0 Å². The van der Waals surface area contributed by atoms with Crippen molar-refractivity contribution >= 4 is 11.9 Å². The Morgan fingerprint density at radius 2 is 2.00 bits per heavy atom. The number of hydrogen-bond acceptors (Lipinski definition) is 3. The van der Waals surface area contributed by atoms with Gasteiger partial charge in [-0.3, -0.25) is 9.69 Å². The molecule has 1 unspecified atom stereocenters. The molecule has 1 atom stereocenters. The van der Waals surface area contributed by atoms with Crippen LogP contribution in [0, 0.1) is 13.8 Å². The monoisotopic (exact) mass is 276 g/mol. The highest BCUT2D eigenvalue weighted by atomic mass is 16.5. The Hall–Kier alpha value is -1.88. The van der Waals surface area contributed by atoms with Crippen molar-refractivity contribution < 1.29 is 14.3 Å². The summed E-state index contributed by atoms with van der Waals surface area (Å²) in [6.07, 6.45) is 0. The van der Waals surface area contributed by atoms with E-state index in [0.717, 1.165) is 16.7 Å². The topological polar surface area (TPSA) is 58.6 Å². The molecule has 1 heterocycles. The van der Waals surface area contributed by atoms with E-state index in [-0.39, 0.29) is 25.1 Å². The van der Waals surface area contributed by atoms with Gasteiger partial charge in [-0.2, -0.15) is 0 Å². The van der Waals surface area contributed by atoms with Crippen molar-refractivity contribution in [2.75, 3.05) is 13.7 Å². The number of carbonyl (C=O) groups excluding carboxylic acids is 2. The molecule has 2 rings (SSSR count). The molecule has 1 aromatic rings. The molecule has 1 aliphatic heterocycles. The molecule has 5 heteroatoms. The maximum Gasteiger partial charge on any atom is 0.325 e. The summed E-state index contributed by atoms with van der Waals surface area (Å²) in [5, 5.41) is 2.70. The van der Waals surface area contributed by atoms with Crippen molar-refractivity contribution in [1.29, 1.82) is 0 Å². The summed E-state index contributed by atoms with van der Waals surface area (Å²) < 4.78 is 5.03. The van der Waals surface area contributed by atoms with Crippen LogP contribution in [0.5, 0.6) is 0 Å². The highest BCUT2D eigenvalue weighted by molar-refractivity contribution is 6.06. The molecular formula is C15H20N2O3. The second kappa shape index (κ2) is 5.25. The number of amides is 3. The van der Waals surface area contributed by atoms with Crippen LogP contribution in [-0.4, -0.2) is 36.1 Å². The predicted molar refractivity (Wildman–Crippen MR) is 75.3 cm³/mol. The van der Waals surface area contributed by atoms with E-state index in [2.05, 4.69) is 5.32 Å². The van der Waals surface area contributed by atoms with E-state index >= 15 is 0 Å². The third-order valence-corrected chi connectivity index (χ3v) is 3.61. The Kier molecular flexibility index (Phi) is 3.81. The van der Waals surface area contributed by atoms with Gasteiger partial charge >= 0.3 is 6.03 Å². The molecule has 0 spiro atoms. The molecule has 1 N–H and O–H groups in total. The van der Waals surface area contributed by atoms with Crippen molar-refractivity contribution in [3.63, 3.8) is 0 Å². The zero-order valence-electron chi connectivity index (χ0n) is 12.3. The fourth-order valence-corrected chi connectivity index (χ4v) is 2.42. The summed E-state index contributed by atoms with van der Waals surface area (Å²) in [6.45, 7) is 6.10. The average Bonchev–Trinajstić information content (AvgIpc) is 2.58. The number of hydrogen-bond donors (Lipinski definition) is 1. The number of benzene rings is 1. The van der Waals surface area contributed by atoms with Gasteiger partial charge < -0.3 is 10.1 Å². The lowest BCUT2D eigenvalue weighted by molar-refractivity contribution is -0.132. The summed E-state index contributed by atoms with van der Waals surface area (Å²) in [7, 11) is 1.51. The second-order valence-corrected chi connectivity index (χ2v) is 5.52. The van der Waals surface area contributed by atoms with E-state index in [1.54, 1.807) is 6.92 Å². The summed E-state index contributed by atoms with van der Waals surface area (Å²) in [5.74, 6) is -0.245. The lowest BCUT2D eigenvalue weighted by atomic mass is 10.0. The number of ether oxygens (including phenoxy) is 1. The van der Waals surface area contributed by atoms with Crippen LogP contribution in [0.4, 0.5) is 4.79 Å². The van der Waals surface area contributed by atoms with Crippen LogP contribution in [0.3, 0.4) is 0 Å². The van der Waals surface area contributed by atoms with Crippen molar-refractivity contribution in [3.05, 3.63) is 34.9 Å².